The lowest BCUT2D eigenvalue weighted by Gasteiger charge is -2.10. The molecule has 148 valence electrons. The molecule has 3 aromatic rings. The van der Waals surface area contributed by atoms with Crippen molar-refractivity contribution < 1.29 is 4.79 Å². The first-order chi connectivity index (χ1) is 15.1. The molecule has 7 nitrogen and oxygen atoms in total. The summed E-state index contributed by atoms with van der Waals surface area (Å²) >= 11 is 0. The maximum atomic E-state index is 12.6. The fraction of sp³-hybridized carbons (Fsp3) is 0. The van der Waals surface area contributed by atoms with E-state index in [1.807, 2.05) is 42.5 Å². The maximum absolute atomic E-state index is 12.6. The summed E-state index contributed by atoms with van der Waals surface area (Å²) < 4.78 is 0. The molecule has 0 radical (unpaired) electrons. The summed E-state index contributed by atoms with van der Waals surface area (Å²) in [6, 6.07) is 28.6. The monoisotopic (exact) mass is 404 g/mol. The predicted molar refractivity (Wildman–Crippen MR) is 118 cm³/mol. The number of carbonyl (C=O) groups excluding carboxylic acids is 1. The third-order valence-electron chi connectivity index (χ3n) is 4.18. The van der Waals surface area contributed by atoms with Gasteiger partial charge in [-0.1, -0.05) is 24.3 Å². The zero-order valence-corrected chi connectivity index (χ0v) is 16.3. The van der Waals surface area contributed by atoms with Crippen molar-refractivity contribution in [2.45, 2.75) is 0 Å². The molecule has 0 fully saturated rings. The van der Waals surface area contributed by atoms with Gasteiger partial charge in [0, 0.05) is 28.3 Å². The van der Waals surface area contributed by atoms with E-state index >= 15 is 0 Å². The maximum Gasteiger partial charge on any atom is 0.255 e. The molecule has 0 heterocycles. The summed E-state index contributed by atoms with van der Waals surface area (Å²) in [5, 5.41) is 35.8. The molecule has 0 saturated heterocycles. The number of benzene rings is 3. The van der Waals surface area contributed by atoms with Crippen LogP contribution in [0.25, 0.3) is 0 Å². The normalized spacial score (nSPS) is 9.32. The highest BCUT2D eigenvalue weighted by molar-refractivity contribution is 6.04. The number of nitrogens with zero attached hydrogens (tertiary/aromatic N) is 3. The third kappa shape index (κ3) is 5.48. The third-order valence-corrected chi connectivity index (χ3v) is 4.18. The summed E-state index contributed by atoms with van der Waals surface area (Å²) in [7, 11) is 0. The highest BCUT2D eigenvalue weighted by atomic mass is 16.1. The molecule has 1 amide bonds. The van der Waals surface area contributed by atoms with Crippen LogP contribution in [0, 0.1) is 34.0 Å². The van der Waals surface area contributed by atoms with E-state index in [9.17, 15) is 4.79 Å². The summed E-state index contributed by atoms with van der Waals surface area (Å²) in [5.41, 5.74) is 2.72. The van der Waals surface area contributed by atoms with Crippen molar-refractivity contribution in [3.63, 3.8) is 0 Å². The molecule has 0 unspecified atom stereocenters. The Morgan fingerprint density at radius 1 is 0.645 bits per heavy atom. The van der Waals surface area contributed by atoms with Gasteiger partial charge in [0.05, 0.1) is 0 Å². The van der Waals surface area contributed by atoms with Gasteiger partial charge >= 0.3 is 0 Å². The van der Waals surface area contributed by atoms with E-state index < -0.39 is 0 Å². The molecule has 0 aliphatic carbocycles. The number of amides is 1. The van der Waals surface area contributed by atoms with Gasteiger partial charge < -0.3 is 16.0 Å². The molecule has 0 aromatic heterocycles. The van der Waals surface area contributed by atoms with E-state index in [0.717, 1.165) is 11.4 Å². The van der Waals surface area contributed by atoms with Crippen LogP contribution in [0.5, 0.6) is 0 Å². The topological polar surface area (TPSA) is 125 Å². The molecule has 3 N–H and O–H groups in total. The Morgan fingerprint density at radius 3 is 1.90 bits per heavy atom. The lowest BCUT2D eigenvalue weighted by molar-refractivity contribution is 0.102. The molecule has 0 atom stereocenters. The summed E-state index contributed by atoms with van der Waals surface area (Å²) in [4.78, 5) is 12.6. The molecular formula is C24H16N6O. The minimum Gasteiger partial charge on any atom is -0.356 e. The van der Waals surface area contributed by atoms with E-state index in [4.69, 9.17) is 15.8 Å². The number of nitriles is 3. The molecule has 0 spiro atoms. The summed E-state index contributed by atoms with van der Waals surface area (Å²) in [6.45, 7) is 0. The molecule has 0 bridgehead atoms. The van der Waals surface area contributed by atoms with Crippen LogP contribution >= 0.6 is 0 Å². The molecule has 3 rings (SSSR count). The van der Waals surface area contributed by atoms with Gasteiger partial charge in [-0.3, -0.25) is 4.79 Å². The van der Waals surface area contributed by atoms with Crippen LogP contribution in [0.2, 0.25) is 0 Å². The van der Waals surface area contributed by atoms with Crippen LogP contribution in [0.1, 0.15) is 10.4 Å². The summed E-state index contributed by atoms with van der Waals surface area (Å²) in [5.74, 6) is -0.337. The Labute approximate surface area is 179 Å². The molecule has 31 heavy (non-hydrogen) atoms. The highest BCUT2D eigenvalue weighted by Crippen LogP contribution is 2.20. The average Bonchev–Trinajstić information content (AvgIpc) is 2.81. The number of rotatable bonds is 6. The van der Waals surface area contributed by atoms with Gasteiger partial charge in [-0.25, -0.2) is 0 Å². The second kappa shape index (κ2) is 9.93. The van der Waals surface area contributed by atoms with Crippen LogP contribution in [0.3, 0.4) is 0 Å². The first-order valence-corrected chi connectivity index (χ1v) is 9.18. The van der Waals surface area contributed by atoms with Crippen LogP contribution < -0.4 is 16.0 Å². The molecule has 7 heteroatoms. The Hall–Kier alpha value is -5.06. The number of anilines is 4. The van der Waals surface area contributed by atoms with E-state index in [1.54, 1.807) is 48.5 Å². The highest BCUT2D eigenvalue weighted by Gasteiger charge is 2.10. The zero-order valence-electron chi connectivity index (χ0n) is 16.3. The number of allylic oxidation sites excluding steroid dienone is 2. The largest absolute Gasteiger partial charge is 0.356 e. The Balaban J connectivity index is 1.69. The van der Waals surface area contributed by atoms with Crippen molar-refractivity contribution >= 4 is 28.7 Å². The van der Waals surface area contributed by atoms with Gasteiger partial charge in [0.1, 0.15) is 23.9 Å². The Bertz CT molecular complexity index is 1230. The molecule has 0 aliphatic heterocycles. The van der Waals surface area contributed by atoms with Crippen molar-refractivity contribution in [3.05, 3.63) is 95.7 Å². The fourth-order valence-corrected chi connectivity index (χ4v) is 2.69. The molecule has 3 aromatic carbocycles. The fourth-order valence-electron chi connectivity index (χ4n) is 2.69. The van der Waals surface area contributed by atoms with E-state index in [-0.39, 0.29) is 17.2 Å². The number of hydrogen-bond acceptors (Lipinski definition) is 6. The minimum atomic E-state index is -0.337. The lowest BCUT2D eigenvalue weighted by Crippen LogP contribution is -2.12. The average molecular weight is 404 g/mol. The van der Waals surface area contributed by atoms with E-state index in [2.05, 4.69) is 16.0 Å². The van der Waals surface area contributed by atoms with Crippen LogP contribution in [0.4, 0.5) is 22.7 Å². The van der Waals surface area contributed by atoms with E-state index in [0.29, 0.717) is 16.9 Å². The quantitative estimate of drug-likeness (QED) is 0.501. The predicted octanol–water partition coefficient (Wildman–Crippen LogP) is 4.92. The van der Waals surface area contributed by atoms with Crippen molar-refractivity contribution in [2.75, 3.05) is 16.0 Å². The SMILES string of the molecule is N#CC(C#N)=C(C#N)Nc1cccc(C(=O)Nc2ccc(Nc3ccccc3)cc2)c1. The van der Waals surface area contributed by atoms with Crippen molar-refractivity contribution in [1.29, 1.82) is 15.8 Å². The van der Waals surface area contributed by atoms with Gasteiger partial charge in [-0.15, -0.1) is 0 Å². The van der Waals surface area contributed by atoms with Crippen molar-refractivity contribution in [1.82, 2.24) is 0 Å². The summed E-state index contributed by atoms with van der Waals surface area (Å²) in [6.07, 6.45) is 0. The number of nitrogens with one attached hydrogen (secondary N) is 3. The van der Waals surface area contributed by atoms with Crippen molar-refractivity contribution in [3.8, 4) is 18.2 Å². The van der Waals surface area contributed by atoms with Gasteiger partial charge in [-0.05, 0) is 54.6 Å². The van der Waals surface area contributed by atoms with E-state index in [1.165, 1.54) is 6.07 Å². The molecule has 0 saturated carbocycles. The van der Waals surface area contributed by atoms with Crippen LogP contribution in [-0.2, 0) is 0 Å². The molecular weight excluding hydrogens is 388 g/mol. The second-order valence-corrected chi connectivity index (χ2v) is 6.31. The Morgan fingerprint density at radius 2 is 1.26 bits per heavy atom. The standard InChI is InChI=1S/C24H16N6O/c25-14-18(15-26)23(16-27)29-22-8-4-5-17(13-22)24(31)30-21-11-9-20(10-12-21)28-19-6-2-1-3-7-19/h1-13,28-29H,(H,30,31). The smallest absolute Gasteiger partial charge is 0.255 e. The van der Waals surface area contributed by atoms with Crippen LogP contribution in [0.15, 0.2) is 90.1 Å². The zero-order chi connectivity index (χ0) is 22.1. The van der Waals surface area contributed by atoms with Gasteiger partial charge in [0.15, 0.2) is 5.57 Å². The van der Waals surface area contributed by atoms with Crippen molar-refractivity contribution in [2.24, 2.45) is 0 Å². The van der Waals surface area contributed by atoms with Crippen LogP contribution in [-0.4, -0.2) is 5.91 Å². The first kappa shape index (κ1) is 20.7. The second-order valence-electron chi connectivity index (χ2n) is 6.31. The lowest BCUT2D eigenvalue weighted by atomic mass is 10.1. The molecule has 0 aliphatic rings. The van der Waals surface area contributed by atoms with Gasteiger partial charge in [-0.2, -0.15) is 15.8 Å². The number of para-hydroxylation sites is 1. The number of hydrogen-bond donors (Lipinski definition) is 3. The van der Waals surface area contributed by atoms with Gasteiger partial charge in [0.2, 0.25) is 0 Å². The first-order valence-electron chi connectivity index (χ1n) is 9.18. The van der Waals surface area contributed by atoms with Gasteiger partial charge in [0.25, 0.3) is 5.91 Å². The number of carbonyl (C=O) groups is 1. The minimum absolute atomic E-state index is 0.177. The Kier molecular flexibility index (Phi) is 6.62.